The molecule has 1 fully saturated rings. The molecule has 8 nitrogen and oxygen atoms in total. The number of hydrogen-bond donors (Lipinski definition) is 1. The van der Waals surface area contributed by atoms with Crippen LogP contribution in [0.15, 0.2) is 60.8 Å². The summed E-state index contributed by atoms with van der Waals surface area (Å²) in [7, 11) is 1.64. The van der Waals surface area contributed by atoms with Gasteiger partial charge in [0.25, 0.3) is 11.8 Å². The topological polar surface area (TPSA) is 87.0 Å². The van der Waals surface area contributed by atoms with Gasteiger partial charge in [0.15, 0.2) is 0 Å². The normalized spacial score (nSPS) is 21.1. The van der Waals surface area contributed by atoms with E-state index in [0.29, 0.717) is 17.5 Å². The summed E-state index contributed by atoms with van der Waals surface area (Å²) in [4.78, 5) is 52.1. The van der Waals surface area contributed by atoms with E-state index in [1.54, 1.807) is 19.3 Å². The maximum Gasteiger partial charge on any atom is 0.302 e. The number of likely N-dealkylation sites (N-methyl/N-ethyl adjacent to an activating group) is 1. The summed E-state index contributed by atoms with van der Waals surface area (Å²) in [5, 5.41) is 3.64. The van der Waals surface area contributed by atoms with Gasteiger partial charge in [-0.05, 0) is 36.1 Å². The second-order valence-corrected chi connectivity index (χ2v) is 10.3. The number of amides is 3. The van der Waals surface area contributed by atoms with Gasteiger partial charge in [-0.15, -0.1) is 0 Å². The average molecular weight is 496 g/mol. The van der Waals surface area contributed by atoms with E-state index in [9.17, 15) is 14.4 Å². The number of nitrogens with zero attached hydrogens (tertiary/aromatic N) is 4. The summed E-state index contributed by atoms with van der Waals surface area (Å²) in [6, 6.07) is 15.7. The minimum atomic E-state index is -0.965. The third kappa shape index (κ3) is 4.01. The summed E-state index contributed by atoms with van der Waals surface area (Å²) in [6.45, 7) is 11.9. The molecule has 0 aliphatic carbocycles. The molecule has 1 N–H and O–H groups in total. The van der Waals surface area contributed by atoms with Crippen molar-refractivity contribution >= 4 is 34.3 Å². The van der Waals surface area contributed by atoms with Crippen LogP contribution in [0.25, 0.3) is 15.7 Å². The average Bonchev–Trinajstić information content (AvgIpc) is 3.43. The van der Waals surface area contributed by atoms with E-state index in [1.807, 2.05) is 62.4 Å². The van der Waals surface area contributed by atoms with Gasteiger partial charge in [0.1, 0.15) is 11.5 Å². The highest BCUT2D eigenvalue weighted by atomic mass is 16.2. The van der Waals surface area contributed by atoms with Crippen LogP contribution in [0.1, 0.15) is 42.6 Å². The number of pyridine rings is 1. The van der Waals surface area contributed by atoms with Gasteiger partial charge in [0.2, 0.25) is 5.91 Å². The number of nitrogens with one attached hydrogen (secondary N) is 1. The number of para-hydroxylation sites is 2. The Labute approximate surface area is 216 Å². The molecule has 8 heteroatoms. The van der Waals surface area contributed by atoms with Gasteiger partial charge in [0.05, 0.1) is 17.5 Å². The quantitative estimate of drug-likeness (QED) is 0.540. The largest absolute Gasteiger partial charge is 0.330 e. The zero-order chi connectivity index (χ0) is 26.3. The summed E-state index contributed by atoms with van der Waals surface area (Å²) < 4.78 is 0. The van der Waals surface area contributed by atoms with Crippen LogP contribution in [-0.2, 0) is 15.0 Å². The third-order valence-electron chi connectivity index (χ3n) is 7.54. The number of carbonyl (C=O) groups is 3. The van der Waals surface area contributed by atoms with E-state index in [1.165, 1.54) is 9.80 Å². The maximum absolute atomic E-state index is 14.1. The van der Waals surface area contributed by atoms with Crippen LogP contribution in [0.3, 0.4) is 0 Å². The second-order valence-electron chi connectivity index (χ2n) is 10.3. The van der Waals surface area contributed by atoms with E-state index >= 15 is 0 Å². The lowest BCUT2D eigenvalue weighted by Crippen LogP contribution is -2.51. The molecule has 3 atom stereocenters. The molecular formula is C29H29N5O3. The van der Waals surface area contributed by atoms with E-state index in [2.05, 4.69) is 15.1 Å². The fourth-order valence-electron chi connectivity index (χ4n) is 5.63. The zero-order valence-electron chi connectivity index (χ0n) is 21.1. The Kier molecular flexibility index (Phi) is 6.16. The Morgan fingerprint density at radius 1 is 1.19 bits per heavy atom. The molecule has 0 radical (unpaired) electrons. The highest BCUT2D eigenvalue weighted by Crippen LogP contribution is 2.47. The highest BCUT2D eigenvalue weighted by Gasteiger charge is 2.59. The number of benzene rings is 2. The predicted octanol–water partition coefficient (Wildman–Crippen LogP) is 4.09. The Morgan fingerprint density at radius 2 is 1.92 bits per heavy atom. The number of anilines is 1. The van der Waals surface area contributed by atoms with E-state index in [4.69, 9.17) is 6.57 Å². The van der Waals surface area contributed by atoms with E-state index in [-0.39, 0.29) is 36.6 Å². The minimum Gasteiger partial charge on any atom is -0.330 e. The van der Waals surface area contributed by atoms with E-state index < -0.39 is 17.6 Å². The number of likely N-dealkylation sites (tertiary alicyclic amines) is 1. The second kappa shape index (κ2) is 9.32. The predicted molar refractivity (Wildman–Crippen MR) is 141 cm³/mol. The number of fused-ring (bicyclic) bond motifs is 3. The molecule has 37 heavy (non-hydrogen) atoms. The molecule has 2 aromatic carbocycles. The fourth-order valence-corrected chi connectivity index (χ4v) is 5.63. The number of hydrogen-bond acceptors (Lipinski definition) is 4. The summed E-state index contributed by atoms with van der Waals surface area (Å²) in [5.41, 5.74) is 1.75. The van der Waals surface area contributed by atoms with Crippen molar-refractivity contribution in [1.82, 2.24) is 14.8 Å². The molecule has 2 aliphatic rings. The molecule has 1 spiro atoms. The van der Waals surface area contributed by atoms with Crippen molar-refractivity contribution in [3.05, 3.63) is 83.3 Å². The van der Waals surface area contributed by atoms with Crippen molar-refractivity contribution < 1.29 is 14.4 Å². The van der Waals surface area contributed by atoms with Crippen LogP contribution in [0.2, 0.25) is 0 Å². The van der Waals surface area contributed by atoms with Crippen molar-refractivity contribution in [2.75, 3.05) is 18.9 Å². The van der Waals surface area contributed by atoms with Gasteiger partial charge in [-0.2, -0.15) is 0 Å². The van der Waals surface area contributed by atoms with Crippen LogP contribution >= 0.6 is 0 Å². The molecule has 188 valence electrons. The van der Waals surface area contributed by atoms with Gasteiger partial charge in [-0.25, -0.2) is 6.57 Å². The SMILES string of the molecule is [C-]#[N+][C@@H]1C[C@@]2(CN1C(=O)[C@H](CC(C)C)N(C)C(=O)c1ccnc3ccccc13)C(=O)Nc1ccccc12. The molecule has 3 amide bonds. The lowest BCUT2D eigenvalue weighted by Gasteiger charge is -2.32. The standard InChI is InChI=1S/C29H29N5O3/c1-18(2)15-24(33(4)26(35)20-13-14-31-22-11-7-5-9-19(20)22)27(36)34-17-29(16-25(34)30-3)21-10-6-8-12-23(21)32-28(29)37/h5-14,18,24-25H,15-17H2,1-2,4H3,(H,32,37)/t24-,25-,29-/m0/s1. The molecule has 2 aliphatic heterocycles. The molecule has 3 aromatic rings. The van der Waals surface area contributed by atoms with E-state index in [0.717, 1.165) is 16.6 Å². The first kappa shape index (κ1) is 24.4. The molecule has 0 saturated carbocycles. The number of carbonyl (C=O) groups excluding carboxylic acids is 3. The van der Waals surface area contributed by atoms with Gasteiger partial charge >= 0.3 is 6.17 Å². The molecule has 3 heterocycles. The molecular weight excluding hydrogens is 466 g/mol. The van der Waals surface area contributed by atoms with Crippen LogP contribution in [0, 0.1) is 12.5 Å². The summed E-state index contributed by atoms with van der Waals surface area (Å²) >= 11 is 0. The maximum atomic E-state index is 14.1. The fraction of sp³-hybridized carbons (Fsp3) is 0.345. The van der Waals surface area contributed by atoms with Crippen LogP contribution in [0.5, 0.6) is 0 Å². The van der Waals surface area contributed by atoms with Crippen LogP contribution < -0.4 is 5.32 Å². The molecule has 0 unspecified atom stereocenters. The Balaban J connectivity index is 1.48. The Morgan fingerprint density at radius 3 is 2.68 bits per heavy atom. The smallest absolute Gasteiger partial charge is 0.302 e. The van der Waals surface area contributed by atoms with Gasteiger partial charge < -0.3 is 10.2 Å². The van der Waals surface area contributed by atoms with Crippen molar-refractivity contribution in [2.45, 2.75) is 44.3 Å². The molecule has 0 bridgehead atoms. The van der Waals surface area contributed by atoms with Crippen LogP contribution in [-0.4, -0.2) is 58.3 Å². The third-order valence-corrected chi connectivity index (χ3v) is 7.54. The number of aromatic nitrogens is 1. The van der Waals surface area contributed by atoms with Crippen LogP contribution in [0.4, 0.5) is 5.69 Å². The Bertz CT molecular complexity index is 1440. The molecule has 1 saturated heterocycles. The van der Waals surface area contributed by atoms with Crippen molar-refractivity contribution in [2.24, 2.45) is 5.92 Å². The lowest BCUT2D eigenvalue weighted by atomic mass is 9.80. The van der Waals surface area contributed by atoms with Gasteiger partial charge in [-0.3, -0.25) is 29.1 Å². The molecule has 1 aromatic heterocycles. The van der Waals surface area contributed by atoms with Gasteiger partial charge in [0, 0.05) is 30.9 Å². The van der Waals surface area contributed by atoms with Gasteiger partial charge in [-0.1, -0.05) is 50.2 Å². The highest BCUT2D eigenvalue weighted by molar-refractivity contribution is 6.08. The molecule has 5 rings (SSSR count). The number of rotatable bonds is 5. The monoisotopic (exact) mass is 495 g/mol. The summed E-state index contributed by atoms with van der Waals surface area (Å²) in [5.74, 6) is -0.657. The first-order chi connectivity index (χ1) is 17.8. The first-order valence-corrected chi connectivity index (χ1v) is 12.5. The van der Waals surface area contributed by atoms with Crippen molar-refractivity contribution in [3.63, 3.8) is 0 Å². The lowest BCUT2D eigenvalue weighted by molar-refractivity contribution is -0.136. The Hall–Kier alpha value is -4.25. The first-order valence-electron chi connectivity index (χ1n) is 12.5. The van der Waals surface area contributed by atoms with Crippen molar-refractivity contribution in [1.29, 1.82) is 0 Å². The minimum absolute atomic E-state index is 0.108. The van der Waals surface area contributed by atoms with Crippen molar-refractivity contribution in [3.8, 4) is 0 Å². The summed E-state index contributed by atoms with van der Waals surface area (Å²) in [6.07, 6.45) is 1.47. The zero-order valence-corrected chi connectivity index (χ0v) is 21.1.